The second kappa shape index (κ2) is 8.87. The first-order valence-electron chi connectivity index (χ1n) is 11.5. The molecule has 4 rings (SSSR count). The van der Waals surface area contributed by atoms with Crippen molar-refractivity contribution in [2.75, 3.05) is 33.8 Å². The molecule has 1 unspecified atom stereocenters. The molecule has 1 spiro atoms. The number of nitrogens with zero attached hydrogens (tertiary/aromatic N) is 3. The molecular weight excluding hydrogens is 397 g/mol. The van der Waals surface area contributed by atoms with E-state index in [9.17, 15) is 14.0 Å². The largest absolute Gasteiger partial charge is 0.353 e. The number of amides is 2. The van der Waals surface area contributed by atoms with Crippen molar-refractivity contribution < 1.29 is 18.7 Å². The Morgan fingerprint density at radius 2 is 1.77 bits per heavy atom. The van der Waals surface area contributed by atoms with Crippen molar-refractivity contribution in [1.82, 2.24) is 14.7 Å². The summed E-state index contributed by atoms with van der Waals surface area (Å²) in [6.07, 6.45) is 5.03. The van der Waals surface area contributed by atoms with Gasteiger partial charge in [-0.15, -0.1) is 0 Å². The van der Waals surface area contributed by atoms with Gasteiger partial charge in [-0.1, -0.05) is 19.1 Å². The van der Waals surface area contributed by atoms with Gasteiger partial charge < -0.3 is 14.5 Å². The summed E-state index contributed by atoms with van der Waals surface area (Å²) >= 11 is 0. The fraction of sp³-hybridized carbons (Fsp3) is 0.667. The molecule has 2 heterocycles. The molecule has 1 aliphatic carbocycles. The van der Waals surface area contributed by atoms with E-state index < -0.39 is 23.5 Å². The summed E-state index contributed by atoms with van der Waals surface area (Å²) in [5.41, 5.74) is -0.814. The Labute approximate surface area is 184 Å². The Bertz CT molecular complexity index is 816. The predicted octanol–water partition coefficient (Wildman–Crippen LogP) is 3.13. The summed E-state index contributed by atoms with van der Waals surface area (Å²) in [6.45, 7) is 4.26. The van der Waals surface area contributed by atoms with Crippen molar-refractivity contribution in [2.24, 2.45) is 5.92 Å². The fourth-order valence-corrected chi connectivity index (χ4v) is 5.33. The molecule has 3 aliphatic rings. The van der Waals surface area contributed by atoms with Crippen LogP contribution in [0.4, 0.5) is 4.39 Å². The van der Waals surface area contributed by atoms with Gasteiger partial charge in [0.2, 0.25) is 5.91 Å². The number of piperidine rings is 1. The molecule has 1 aromatic carbocycles. The van der Waals surface area contributed by atoms with Crippen LogP contribution in [0.3, 0.4) is 0 Å². The van der Waals surface area contributed by atoms with E-state index in [4.69, 9.17) is 4.74 Å². The van der Waals surface area contributed by atoms with Crippen LogP contribution >= 0.6 is 0 Å². The summed E-state index contributed by atoms with van der Waals surface area (Å²) in [7, 11) is 3.92. The number of ether oxygens (including phenoxy) is 1. The van der Waals surface area contributed by atoms with Crippen LogP contribution in [0.2, 0.25) is 0 Å². The fourth-order valence-electron chi connectivity index (χ4n) is 5.33. The molecule has 2 amide bonds. The van der Waals surface area contributed by atoms with Crippen LogP contribution in [0.1, 0.15) is 55.8 Å². The lowest BCUT2D eigenvalue weighted by Gasteiger charge is -2.44. The third-order valence-corrected chi connectivity index (χ3v) is 7.51. The second-order valence-corrected chi connectivity index (χ2v) is 9.59. The molecular formula is C24H34FN3O3. The number of benzene rings is 1. The van der Waals surface area contributed by atoms with Gasteiger partial charge in [0.05, 0.1) is 12.2 Å². The van der Waals surface area contributed by atoms with E-state index in [1.54, 1.807) is 21.9 Å². The molecule has 0 radical (unpaired) electrons. The zero-order chi connectivity index (χ0) is 22.2. The lowest BCUT2D eigenvalue weighted by atomic mass is 9.83. The Balaban J connectivity index is 1.62. The van der Waals surface area contributed by atoms with Crippen molar-refractivity contribution in [2.45, 2.75) is 63.3 Å². The minimum Gasteiger partial charge on any atom is -0.353 e. The van der Waals surface area contributed by atoms with E-state index in [1.165, 1.54) is 12.1 Å². The maximum absolute atomic E-state index is 14.5. The van der Waals surface area contributed by atoms with Crippen molar-refractivity contribution in [1.29, 1.82) is 0 Å². The SMILES string of the molecule is CC1CCC2(CC1)OCC(C(=O)N(C)C1CCN(C)CC1)N2C(=O)c1ccccc1F. The minimum absolute atomic E-state index is 0.00532. The Morgan fingerprint density at radius 1 is 1.13 bits per heavy atom. The molecule has 7 heteroatoms. The lowest BCUT2D eigenvalue weighted by molar-refractivity contribution is -0.139. The second-order valence-electron chi connectivity index (χ2n) is 9.59. The number of rotatable bonds is 3. The van der Waals surface area contributed by atoms with Gasteiger partial charge in [-0.25, -0.2) is 4.39 Å². The van der Waals surface area contributed by atoms with Crippen LogP contribution < -0.4 is 0 Å². The van der Waals surface area contributed by atoms with E-state index in [-0.39, 0.29) is 24.1 Å². The van der Waals surface area contributed by atoms with Crippen LogP contribution in [-0.2, 0) is 9.53 Å². The topological polar surface area (TPSA) is 53.1 Å². The first-order valence-corrected chi connectivity index (χ1v) is 11.5. The molecule has 0 bridgehead atoms. The molecule has 0 aromatic heterocycles. The molecule has 2 aliphatic heterocycles. The number of hydrogen-bond donors (Lipinski definition) is 0. The Hall–Kier alpha value is -1.99. The van der Waals surface area contributed by atoms with Gasteiger partial charge in [0.25, 0.3) is 5.91 Å². The van der Waals surface area contributed by atoms with Gasteiger partial charge in [0.1, 0.15) is 17.6 Å². The van der Waals surface area contributed by atoms with Gasteiger partial charge in [-0.2, -0.15) is 0 Å². The number of carbonyl (C=O) groups excluding carboxylic acids is 2. The van der Waals surface area contributed by atoms with Gasteiger partial charge in [0, 0.05) is 13.1 Å². The van der Waals surface area contributed by atoms with E-state index in [0.29, 0.717) is 18.8 Å². The van der Waals surface area contributed by atoms with Gasteiger partial charge in [-0.05, 0) is 76.7 Å². The first kappa shape index (κ1) is 22.2. The summed E-state index contributed by atoms with van der Waals surface area (Å²) in [4.78, 5) is 32.9. The molecule has 0 N–H and O–H groups in total. The monoisotopic (exact) mass is 431 g/mol. The normalized spacial score (nSPS) is 30.0. The minimum atomic E-state index is -0.820. The zero-order valence-corrected chi connectivity index (χ0v) is 18.8. The highest BCUT2D eigenvalue weighted by Crippen LogP contribution is 2.43. The molecule has 170 valence electrons. The highest BCUT2D eigenvalue weighted by atomic mass is 19.1. The third-order valence-electron chi connectivity index (χ3n) is 7.51. The first-order chi connectivity index (χ1) is 14.8. The predicted molar refractivity (Wildman–Crippen MR) is 116 cm³/mol. The number of halogens is 1. The summed E-state index contributed by atoms with van der Waals surface area (Å²) in [5, 5.41) is 0. The highest BCUT2D eigenvalue weighted by molar-refractivity contribution is 5.98. The summed E-state index contributed by atoms with van der Waals surface area (Å²) < 4.78 is 20.8. The molecule has 1 atom stereocenters. The van der Waals surface area contributed by atoms with Crippen molar-refractivity contribution >= 4 is 11.8 Å². The van der Waals surface area contributed by atoms with E-state index in [1.807, 2.05) is 7.05 Å². The number of likely N-dealkylation sites (N-methyl/N-ethyl adjacent to an activating group) is 1. The quantitative estimate of drug-likeness (QED) is 0.738. The lowest BCUT2D eigenvalue weighted by Crippen LogP contribution is -2.58. The molecule has 3 fully saturated rings. The molecule has 6 nitrogen and oxygen atoms in total. The number of hydrogen-bond acceptors (Lipinski definition) is 4. The number of carbonyl (C=O) groups is 2. The van der Waals surface area contributed by atoms with E-state index in [0.717, 1.165) is 38.8 Å². The van der Waals surface area contributed by atoms with E-state index in [2.05, 4.69) is 18.9 Å². The average Bonchev–Trinajstić information content (AvgIpc) is 3.14. The van der Waals surface area contributed by atoms with Crippen molar-refractivity contribution in [3.8, 4) is 0 Å². The molecule has 2 saturated heterocycles. The average molecular weight is 432 g/mol. The third kappa shape index (κ3) is 4.22. The van der Waals surface area contributed by atoms with Crippen molar-refractivity contribution in [3.63, 3.8) is 0 Å². The van der Waals surface area contributed by atoms with Gasteiger partial charge in [0.15, 0.2) is 0 Å². The van der Waals surface area contributed by atoms with Crippen LogP contribution in [0.15, 0.2) is 24.3 Å². The van der Waals surface area contributed by atoms with Crippen LogP contribution in [0.25, 0.3) is 0 Å². The standard InChI is InChI=1S/C24H34FN3O3/c1-17-8-12-24(13-9-17)28(22(29)19-6-4-5-7-20(19)25)21(16-31-24)23(30)27(3)18-10-14-26(2)15-11-18/h4-7,17-18,21H,8-16H2,1-3H3. The van der Waals surface area contributed by atoms with E-state index >= 15 is 0 Å². The Morgan fingerprint density at radius 3 is 2.42 bits per heavy atom. The highest BCUT2D eigenvalue weighted by Gasteiger charge is 2.54. The van der Waals surface area contributed by atoms with Crippen molar-refractivity contribution in [3.05, 3.63) is 35.6 Å². The Kier molecular flexibility index (Phi) is 6.35. The van der Waals surface area contributed by atoms with Crippen LogP contribution in [0, 0.1) is 11.7 Å². The van der Waals surface area contributed by atoms with Gasteiger partial charge in [-0.3, -0.25) is 14.5 Å². The maximum atomic E-state index is 14.5. The number of likely N-dealkylation sites (tertiary alicyclic amines) is 1. The molecule has 1 saturated carbocycles. The smallest absolute Gasteiger partial charge is 0.259 e. The zero-order valence-electron chi connectivity index (χ0n) is 18.8. The molecule has 31 heavy (non-hydrogen) atoms. The summed E-state index contributed by atoms with van der Waals surface area (Å²) in [5.74, 6) is -0.556. The van der Waals surface area contributed by atoms with Crippen LogP contribution in [-0.4, -0.2) is 78.1 Å². The molecule has 1 aromatic rings. The van der Waals surface area contributed by atoms with Gasteiger partial charge >= 0.3 is 0 Å². The maximum Gasteiger partial charge on any atom is 0.259 e. The summed E-state index contributed by atoms with van der Waals surface area (Å²) in [6, 6.07) is 5.45. The van der Waals surface area contributed by atoms with Crippen LogP contribution in [0.5, 0.6) is 0 Å².